The van der Waals surface area contributed by atoms with Crippen molar-refractivity contribution in [3.05, 3.63) is 0 Å². The number of nitrogens with one attached hydrogen (secondary N) is 1. The van der Waals surface area contributed by atoms with Crippen LogP contribution in [0.1, 0.15) is 66.2 Å². The van der Waals surface area contributed by atoms with Crippen LogP contribution in [0.5, 0.6) is 0 Å². The summed E-state index contributed by atoms with van der Waals surface area (Å²) >= 11 is 0. The van der Waals surface area contributed by atoms with E-state index >= 15 is 0 Å². The van der Waals surface area contributed by atoms with Gasteiger partial charge in [0.1, 0.15) is 6.10 Å². The molecule has 2 heterocycles. The fraction of sp³-hybridized carbons (Fsp3) is 0.750. The third-order valence-corrected chi connectivity index (χ3v) is 2.39. The smallest absolute Gasteiger partial charge is 0.306 e. The molecule has 20 heavy (non-hydrogen) atoms. The molecule has 0 aromatic rings. The Hall–Kier alpha value is -1.50. The monoisotopic (exact) mass is 283 g/mol. The fourth-order valence-electron chi connectivity index (χ4n) is 1.75. The second kappa shape index (κ2) is 13.9. The fourth-order valence-corrected chi connectivity index (χ4v) is 1.75. The Bertz CT molecular complexity index is 261. The minimum absolute atomic E-state index is 0.0658. The highest BCUT2D eigenvalue weighted by molar-refractivity contribution is 5.79. The molecular formula is C16H29NO3. The highest BCUT2D eigenvalue weighted by Crippen LogP contribution is 2.22. The summed E-state index contributed by atoms with van der Waals surface area (Å²) < 4.78 is 5.04. The van der Waals surface area contributed by atoms with Crippen molar-refractivity contribution in [3.8, 4) is 12.8 Å². The normalized spacial score (nSPS) is 22.9. The van der Waals surface area contributed by atoms with E-state index in [-0.39, 0.29) is 24.0 Å². The summed E-state index contributed by atoms with van der Waals surface area (Å²) in [4.78, 5) is 21.6. The van der Waals surface area contributed by atoms with E-state index in [0.717, 1.165) is 12.8 Å². The maximum absolute atomic E-state index is 10.8. The van der Waals surface area contributed by atoms with E-state index in [1.54, 1.807) is 0 Å². The van der Waals surface area contributed by atoms with Crippen molar-refractivity contribution in [3.63, 3.8) is 0 Å². The van der Waals surface area contributed by atoms with Crippen LogP contribution in [0.4, 0.5) is 0 Å². The van der Waals surface area contributed by atoms with Crippen molar-refractivity contribution in [1.29, 1.82) is 0 Å². The summed E-state index contributed by atoms with van der Waals surface area (Å²) in [5.74, 6) is -0.0657. The van der Waals surface area contributed by atoms with Gasteiger partial charge in [0.15, 0.2) is 0 Å². The van der Waals surface area contributed by atoms with Crippen molar-refractivity contribution >= 4 is 11.9 Å². The number of terminal acetylenes is 1. The van der Waals surface area contributed by atoms with Crippen molar-refractivity contribution in [2.24, 2.45) is 0 Å². The number of amides is 1. The van der Waals surface area contributed by atoms with Crippen molar-refractivity contribution < 1.29 is 14.3 Å². The maximum Gasteiger partial charge on any atom is 0.306 e. The van der Waals surface area contributed by atoms with Crippen LogP contribution in [0.15, 0.2) is 0 Å². The van der Waals surface area contributed by atoms with Crippen LogP contribution in [0.25, 0.3) is 0 Å². The third kappa shape index (κ3) is 9.43. The van der Waals surface area contributed by atoms with E-state index in [0.29, 0.717) is 12.8 Å². The Kier molecular flexibility index (Phi) is 14.5. The van der Waals surface area contributed by atoms with E-state index in [2.05, 4.69) is 45.9 Å². The topological polar surface area (TPSA) is 55.4 Å². The van der Waals surface area contributed by atoms with E-state index < -0.39 is 0 Å². The minimum Gasteiger partial charge on any atom is -0.460 e. The van der Waals surface area contributed by atoms with Crippen molar-refractivity contribution in [1.82, 2.24) is 5.32 Å². The van der Waals surface area contributed by atoms with Crippen LogP contribution in [0.2, 0.25) is 0 Å². The molecule has 0 radical (unpaired) electrons. The number of carbonyl (C=O) groups excluding carboxylic acids is 2. The number of esters is 1. The molecule has 2 fully saturated rings. The van der Waals surface area contributed by atoms with Crippen LogP contribution in [0.3, 0.4) is 0 Å². The number of rotatable bonds is 1. The molecule has 2 rings (SSSR count). The largest absolute Gasteiger partial charge is 0.460 e. The summed E-state index contributed by atoms with van der Waals surface area (Å²) in [6.07, 6.45) is 13.1. The first-order valence-corrected chi connectivity index (χ1v) is 7.41. The predicted octanol–water partition coefficient (Wildman–Crippen LogP) is 3.05. The highest BCUT2D eigenvalue weighted by Gasteiger charge is 2.35. The van der Waals surface area contributed by atoms with Crippen LogP contribution in [-0.4, -0.2) is 24.0 Å². The van der Waals surface area contributed by atoms with Gasteiger partial charge < -0.3 is 10.1 Å². The maximum atomic E-state index is 10.8. The Balaban J connectivity index is 0. The summed E-state index contributed by atoms with van der Waals surface area (Å²) in [5.41, 5.74) is 0. The van der Waals surface area contributed by atoms with Gasteiger partial charge in [0, 0.05) is 12.8 Å². The molecule has 2 saturated heterocycles. The molecule has 0 saturated carbocycles. The molecule has 1 amide bonds. The highest BCUT2D eigenvalue weighted by atomic mass is 16.5. The van der Waals surface area contributed by atoms with Gasteiger partial charge in [-0.15, -0.1) is 12.8 Å². The van der Waals surface area contributed by atoms with Gasteiger partial charge in [-0.05, 0) is 12.8 Å². The van der Waals surface area contributed by atoms with Gasteiger partial charge in [0.05, 0.1) is 6.04 Å². The first-order chi connectivity index (χ1) is 9.58. The summed E-state index contributed by atoms with van der Waals surface area (Å²) in [6, 6.07) is 0.0731. The van der Waals surface area contributed by atoms with Gasteiger partial charge in [0.2, 0.25) is 5.91 Å². The Morgan fingerprint density at radius 2 is 1.55 bits per heavy atom. The van der Waals surface area contributed by atoms with Gasteiger partial charge >= 0.3 is 5.97 Å². The van der Waals surface area contributed by atoms with E-state index in [1.165, 1.54) is 12.8 Å². The summed E-state index contributed by atoms with van der Waals surface area (Å²) in [7, 11) is 0. The molecule has 2 aliphatic rings. The molecule has 1 N–H and O–H groups in total. The molecular weight excluding hydrogens is 254 g/mol. The second-order valence-corrected chi connectivity index (χ2v) is 4.69. The van der Waals surface area contributed by atoms with Gasteiger partial charge in [0.25, 0.3) is 0 Å². The molecule has 4 nitrogen and oxygen atoms in total. The average Bonchev–Trinajstić information content (AvgIpc) is 3.02. The standard InChI is InChI=1S/C8H11NO3.2C3H8.C2H2/c10-7-3-1-5(9-7)6-2-4-8(11)12-6;2*1-3-2;1-2/h5-6H,1-4H2,(H,9,10);2*3H2,1-2H3;1-2H/t5-,6-;;;/m0.../s1. The SMILES string of the molecule is C#C.CCC.CCC.O=C1CC[C@@H]([C@@H]2CCC(=O)O2)N1. The Labute approximate surface area is 123 Å². The molecule has 0 bridgehead atoms. The molecule has 0 spiro atoms. The van der Waals surface area contributed by atoms with Gasteiger partial charge in [-0.1, -0.05) is 40.5 Å². The number of carbonyl (C=O) groups is 2. The van der Waals surface area contributed by atoms with E-state index in [4.69, 9.17) is 4.74 Å². The first kappa shape index (κ1) is 20.8. The van der Waals surface area contributed by atoms with E-state index in [9.17, 15) is 9.59 Å². The van der Waals surface area contributed by atoms with Crippen molar-refractivity contribution in [2.45, 2.75) is 78.4 Å². The Morgan fingerprint density at radius 1 is 1.05 bits per heavy atom. The molecule has 0 aromatic carbocycles. The predicted molar refractivity (Wildman–Crippen MR) is 82.1 cm³/mol. The molecule has 2 aliphatic heterocycles. The summed E-state index contributed by atoms with van der Waals surface area (Å²) in [5, 5.41) is 2.80. The number of hydrogen-bond donors (Lipinski definition) is 1. The van der Waals surface area contributed by atoms with Gasteiger partial charge in [-0.25, -0.2) is 0 Å². The quantitative estimate of drug-likeness (QED) is 0.594. The number of cyclic esters (lactones) is 1. The third-order valence-electron chi connectivity index (χ3n) is 2.39. The second-order valence-electron chi connectivity index (χ2n) is 4.69. The molecule has 2 atom stereocenters. The molecule has 4 heteroatoms. The number of hydrogen-bond acceptors (Lipinski definition) is 3. The Morgan fingerprint density at radius 3 is 1.85 bits per heavy atom. The molecule has 0 unspecified atom stereocenters. The zero-order chi connectivity index (χ0) is 16.0. The lowest BCUT2D eigenvalue weighted by molar-refractivity contribution is -0.142. The van der Waals surface area contributed by atoms with Crippen LogP contribution in [-0.2, 0) is 14.3 Å². The lowest BCUT2D eigenvalue weighted by Crippen LogP contribution is -2.36. The van der Waals surface area contributed by atoms with E-state index in [1.807, 2.05) is 0 Å². The zero-order valence-corrected chi connectivity index (χ0v) is 13.3. The molecule has 0 aromatic heterocycles. The van der Waals surface area contributed by atoms with Crippen LogP contribution >= 0.6 is 0 Å². The lowest BCUT2D eigenvalue weighted by atomic mass is 10.1. The lowest BCUT2D eigenvalue weighted by Gasteiger charge is -2.16. The zero-order valence-electron chi connectivity index (χ0n) is 13.3. The van der Waals surface area contributed by atoms with Gasteiger partial charge in [-0.3, -0.25) is 9.59 Å². The van der Waals surface area contributed by atoms with Crippen LogP contribution < -0.4 is 5.32 Å². The molecule has 116 valence electrons. The number of ether oxygens (including phenoxy) is 1. The molecule has 0 aliphatic carbocycles. The summed E-state index contributed by atoms with van der Waals surface area (Å²) in [6.45, 7) is 8.50. The van der Waals surface area contributed by atoms with Crippen molar-refractivity contribution in [2.75, 3.05) is 0 Å². The van der Waals surface area contributed by atoms with Crippen LogP contribution in [0, 0.1) is 12.8 Å². The first-order valence-electron chi connectivity index (χ1n) is 7.41. The van der Waals surface area contributed by atoms with Gasteiger partial charge in [-0.2, -0.15) is 0 Å². The minimum atomic E-state index is -0.138. The average molecular weight is 283 g/mol.